The molecule has 0 unspecified atom stereocenters. The summed E-state index contributed by atoms with van der Waals surface area (Å²) in [5.74, 6) is 0. The largest absolute Gasteiger partial charge is 2.00 e. The molecule has 0 amide bonds. The van der Waals surface area contributed by atoms with Gasteiger partial charge < -0.3 is 12.4 Å². The number of allylic oxidation sites excluding steroid dienone is 1. The Balaban J connectivity index is -0.0000000450. The van der Waals surface area contributed by atoms with Gasteiger partial charge in [0.05, 0.1) is 0 Å². The van der Waals surface area contributed by atoms with Gasteiger partial charge in [-0.2, -0.15) is 0 Å². The van der Waals surface area contributed by atoms with E-state index in [4.69, 9.17) is 0 Å². The van der Waals surface area contributed by atoms with Gasteiger partial charge in [0.1, 0.15) is 0 Å². The Labute approximate surface area is 61.6 Å². The van der Waals surface area contributed by atoms with Gasteiger partial charge in [-0.1, -0.05) is 0 Å². The molecule has 0 saturated heterocycles. The quantitative estimate of drug-likeness (QED) is 0.274. The fourth-order valence-corrected chi connectivity index (χ4v) is 0. The van der Waals surface area contributed by atoms with E-state index in [9.17, 15) is 0 Å². The second-order valence-electron chi connectivity index (χ2n) is 0.569. The summed E-state index contributed by atoms with van der Waals surface area (Å²) < 4.78 is 0. The van der Waals surface area contributed by atoms with Gasteiger partial charge in [0.2, 0.25) is 0 Å². The van der Waals surface area contributed by atoms with Crippen molar-refractivity contribution in [3.8, 4) is 0 Å². The molecule has 0 atom stereocenters. The van der Waals surface area contributed by atoms with Crippen LogP contribution in [-0.4, -0.2) is 23.1 Å². The molecule has 0 aliphatic heterocycles. The Kier molecular flexibility index (Phi) is 46.1. The molecule has 32 valence electrons. The van der Waals surface area contributed by atoms with E-state index >= 15 is 0 Å². The van der Waals surface area contributed by atoms with E-state index in [0.29, 0.717) is 0 Å². The topological polar surface area (TPSA) is 0 Å². The molecule has 2 heteroatoms. The van der Waals surface area contributed by atoms with Crippen molar-refractivity contribution in [3.63, 3.8) is 0 Å². The summed E-state index contributed by atoms with van der Waals surface area (Å²) in [5, 5.41) is 0. The fourth-order valence-electron chi connectivity index (χ4n) is 0. The molecule has 0 aliphatic rings. The van der Waals surface area contributed by atoms with E-state index in [-0.39, 0.29) is 35.5 Å². The van der Waals surface area contributed by atoms with Crippen molar-refractivity contribution in [2.75, 3.05) is 0 Å². The number of hydrogen-bond acceptors (Lipinski definition) is 0. The first-order chi connectivity index (χ1) is 1.91. The van der Waals surface area contributed by atoms with Crippen molar-refractivity contribution in [1.82, 2.24) is 0 Å². The van der Waals surface area contributed by atoms with Crippen LogP contribution >= 0.6 is 0 Å². The van der Waals surface area contributed by atoms with Crippen LogP contribution in [-0.2, 0) is 0 Å². The molecule has 0 aromatic heterocycles. The van der Waals surface area contributed by atoms with Gasteiger partial charge >= 0.3 is 23.1 Å². The van der Waals surface area contributed by atoms with Crippen molar-refractivity contribution in [3.05, 3.63) is 19.1 Å². The van der Waals surface area contributed by atoms with Crippen LogP contribution in [0.5, 0.6) is 0 Å². The van der Waals surface area contributed by atoms with Crippen LogP contribution in [0.3, 0.4) is 0 Å². The molecule has 0 spiro atoms. The predicted octanol–water partition coefficient (Wildman–Crippen LogP) is -1.98. The van der Waals surface area contributed by atoms with Crippen molar-refractivity contribution >= 4 is 23.1 Å². The maximum atomic E-state index is 3.42. The first-order valence-electron chi connectivity index (χ1n) is 1.32. The zero-order valence-electron chi connectivity index (χ0n) is 3.95. The molecular formula is C4H7ClMg. The van der Waals surface area contributed by atoms with Gasteiger partial charge in [0.25, 0.3) is 0 Å². The molecule has 0 heterocycles. The van der Waals surface area contributed by atoms with Crippen LogP contribution in [0.2, 0.25) is 0 Å². The van der Waals surface area contributed by atoms with Gasteiger partial charge in [-0.25, -0.2) is 19.1 Å². The molecule has 0 nitrogen and oxygen atoms in total. The molecule has 0 aliphatic carbocycles. The van der Waals surface area contributed by atoms with E-state index in [1.54, 1.807) is 6.08 Å². The smallest absolute Gasteiger partial charge is 1.00 e. The van der Waals surface area contributed by atoms with Crippen molar-refractivity contribution in [2.45, 2.75) is 6.92 Å². The fraction of sp³-hybridized carbons (Fsp3) is 0.250. The number of rotatable bonds is 1. The summed E-state index contributed by atoms with van der Waals surface area (Å²) in [6.45, 7) is 5.36. The van der Waals surface area contributed by atoms with Crippen LogP contribution in [0.15, 0.2) is 12.7 Å². The summed E-state index contributed by atoms with van der Waals surface area (Å²) >= 11 is 0. The number of halogens is 1. The summed E-state index contributed by atoms with van der Waals surface area (Å²) in [6.07, 6.45) is 3.64. The standard InChI is InChI=1S/C4H7.ClH.Mg/c1-3-4-2;;/h3-4H,1H2,2H3;1H;/q-1;;+2/p-1. The summed E-state index contributed by atoms with van der Waals surface area (Å²) in [6, 6.07) is 0. The number of hydrogen-bond donors (Lipinski definition) is 0. The van der Waals surface area contributed by atoms with Crippen LogP contribution in [0.4, 0.5) is 0 Å². The second-order valence-corrected chi connectivity index (χ2v) is 0.569. The van der Waals surface area contributed by atoms with E-state index in [2.05, 4.69) is 6.58 Å². The molecule has 0 radical (unpaired) electrons. The third-order valence-corrected chi connectivity index (χ3v) is 0.236. The monoisotopic (exact) mass is 114 g/mol. The maximum Gasteiger partial charge on any atom is 2.00 e. The van der Waals surface area contributed by atoms with Crippen LogP contribution in [0.1, 0.15) is 6.92 Å². The molecule has 0 bridgehead atoms. The SMILES string of the molecule is C=C[CH-]C.[Cl-].[Mg+2]. The molecule has 0 saturated carbocycles. The Hall–Kier alpha value is 0.666. The molecule has 0 fully saturated rings. The van der Waals surface area contributed by atoms with E-state index in [0.717, 1.165) is 0 Å². The van der Waals surface area contributed by atoms with E-state index < -0.39 is 0 Å². The Morgan fingerprint density at radius 1 is 1.67 bits per heavy atom. The summed E-state index contributed by atoms with van der Waals surface area (Å²) in [5.41, 5.74) is 0. The van der Waals surface area contributed by atoms with Crippen LogP contribution in [0.25, 0.3) is 0 Å². The summed E-state index contributed by atoms with van der Waals surface area (Å²) in [7, 11) is 0. The normalized spacial score (nSPS) is 3.50. The maximum absolute atomic E-state index is 3.42. The minimum absolute atomic E-state index is 0. The molecular weight excluding hydrogens is 108 g/mol. The van der Waals surface area contributed by atoms with Gasteiger partial charge in [-0.15, -0.1) is 6.92 Å². The first kappa shape index (κ1) is 15.9. The average molecular weight is 115 g/mol. The van der Waals surface area contributed by atoms with Gasteiger partial charge in [0.15, 0.2) is 0 Å². The van der Waals surface area contributed by atoms with Gasteiger partial charge in [0, 0.05) is 0 Å². The zero-order chi connectivity index (χ0) is 3.41. The third kappa shape index (κ3) is 22.6. The first-order valence-corrected chi connectivity index (χ1v) is 1.32. The van der Waals surface area contributed by atoms with Crippen molar-refractivity contribution in [1.29, 1.82) is 0 Å². The Morgan fingerprint density at radius 3 is 1.83 bits per heavy atom. The predicted molar refractivity (Wildman–Crippen MR) is 25.9 cm³/mol. The summed E-state index contributed by atoms with van der Waals surface area (Å²) in [4.78, 5) is 0. The van der Waals surface area contributed by atoms with Gasteiger partial charge in [-0.3, -0.25) is 0 Å². The minimum atomic E-state index is 0. The Bertz CT molecular complexity index is 21.5. The molecule has 0 N–H and O–H groups in total. The molecule has 0 aromatic carbocycles. The van der Waals surface area contributed by atoms with E-state index in [1.807, 2.05) is 13.3 Å². The van der Waals surface area contributed by atoms with Crippen LogP contribution in [0, 0.1) is 6.42 Å². The van der Waals surface area contributed by atoms with Gasteiger partial charge in [-0.05, 0) is 0 Å². The Morgan fingerprint density at radius 2 is 1.83 bits per heavy atom. The van der Waals surface area contributed by atoms with E-state index in [1.165, 1.54) is 0 Å². The average Bonchev–Trinajstić information content (AvgIpc) is 1.37. The molecule has 0 aromatic rings. The molecule has 0 rings (SSSR count). The van der Waals surface area contributed by atoms with Crippen molar-refractivity contribution < 1.29 is 12.4 Å². The zero-order valence-corrected chi connectivity index (χ0v) is 6.12. The van der Waals surface area contributed by atoms with Crippen LogP contribution < -0.4 is 12.4 Å². The molecule has 6 heavy (non-hydrogen) atoms. The third-order valence-electron chi connectivity index (χ3n) is 0.236. The van der Waals surface area contributed by atoms with Crippen molar-refractivity contribution in [2.24, 2.45) is 0 Å². The second kappa shape index (κ2) is 17.4. The minimum Gasteiger partial charge on any atom is -1.00 e.